The zero-order valence-electron chi connectivity index (χ0n) is 8.23. The van der Waals surface area contributed by atoms with Crippen molar-refractivity contribution < 1.29 is 4.79 Å². The SMILES string of the molecule is CC1SCCSC1C(=O)c1sccc1Br. The van der Waals surface area contributed by atoms with Gasteiger partial charge in [0, 0.05) is 21.2 Å². The van der Waals surface area contributed by atoms with E-state index in [1.165, 1.54) is 17.1 Å². The fraction of sp³-hybridized carbons (Fsp3) is 0.500. The van der Waals surface area contributed by atoms with E-state index in [0.29, 0.717) is 11.0 Å². The summed E-state index contributed by atoms with van der Waals surface area (Å²) in [5.41, 5.74) is 0. The molecular formula is C10H11BrOS3. The Morgan fingerprint density at radius 2 is 2.20 bits per heavy atom. The van der Waals surface area contributed by atoms with Crippen molar-refractivity contribution >= 4 is 56.6 Å². The van der Waals surface area contributed by atoms with Crippen LogP contribution in [0.5, 0.6) is 0 Å². The lowest BCUT2D eigenvalue weighted by atomic mass is 10.2. The van der Waals surface area contributed by atoms with Gasteiger partial charge in [0.2, 0.25) is 0 Å². The van der Waals surface area contributed by atoms with Crippen molar-refractivity contribution in [3.8, 4) is 0 Å². The second-order valence-corrected chi connectivity index (χ2v) is 7.83. The average molecular weight is 323 g/mol. The molecule has 1 aromatic rings. The molecule has 0 spiro atoms. The molecule has 0 bridgehead atoms. The minimum absolute atomic E-state index is 0.138. The Balaban J connectivity index is 2.17. The Labute approximate surface area is 111 Å². The van der Waals surface area contributed by atoms with E-state index in [-0.39, 0.29) is 5.25 Å². The number of thioether (sulfide) groups is 2. The summed E-state index contributed by atoms with van der Waals surface area (Å²) in [6.45, 7) is 2.15. The van der Waals surface area contributed by atoms with Gasteiger partial charge >= 0.3 is 0 Å². The lowest BCUT2D eigenvalue weighted by Crippen LogP contribution is -2.30. The molecule has 1 fully saturated rings. The maximum absolute atomic E-state index is 12.2. The summed E-state index contributed by atoms with van der Waals surface area (Å²) in [5, 5.41) is 2.53. The van der Waals surface area contributed by atoms with Crippen molar-refractivity contribution in [2.24, 2.45) is 0 Å². The first-order valence-electron chi connectivity index (χ1n) is 4.70. The van der Waals surface area contributed by atoms with Crippen molar-refractivity contribution in [1.82, 2.24) is 0 Å². The molecule has 0 radical (unpaired) electrons. The van der Waals surface area contributed by atoms with Gasteiger partial charge in [-0.05, 0) is 27.4 Å². The van der Waals surface area contributed by atoms with E-state index in [1.54, 1.807) is 11.8 Å². The summed E-state index contributed by atoms with van der Waals surface area (Å²) in [6.07, 6.45) is 0. The summed E-state index contributed by atoms with van der Waals surface area (Å²) in [6, 6.07) is 1.95. The first-order valence-corrected chi connectivity index (χ1v) is 8.47. The molecular weight excluding hydrogens is 312 g/mol. The molecule has 1 aliphatic heterocycles. The standard InChI is InChI=1S/C10H11BrOS3/c1-6-9(15-5-4-13-6)8(12)10-7(11)2-3-14-10/h2-3,6,9H,4-5H2,1H3. The lowest BCUT2D eigenvalue weighted by Gasteiger charge is -2.26. The molecule has 1 aliphatic rings. The highest BCUT2D eigenvalue weighted by molar-refractivity contribution is 9.10. The number of rotatable bonds is 2. The monoisotopic (exact) mass is 322 g/mol. The van der Waals surface area contributed by atoms with Gasteiger partial charge in [-0.25, -0.2) is 0 Å². The molecule has 1 nitrogen and oxygen atoms in total. The molecule has 0 amide bonds. The van der Waals surface area contributed by atoms with Crippen LogP contribution in [0.4, 0.5) is 0 Å². The molecule has 0 N–H and O–H groups in total. The van der Waals surface area contributed by atoms with E-state index in [0.717, 1.165) is 15.1 Å². The third-order valence-electron chi connectivity index (χ3n) is 2.29. The fourth-order valence-electron chi connectivity index (χ4n) is 1.52. The van der Waals surface area contributed by atoms with Gasteiger partial charge in [0.1, 0.15) is 0 Å². The van der Waals surface area contributed by atoms with Crippen molar-refractivity contribution in [3.05, 3.63) is 20.8 Å². The molecule has 0 saturated carbocycles. The van der Waals surface area contributed by atoms with E-state index in [2.05, 4.69) is 22.9 Å². The van der Waals surface area contributed by atoms with Crippen LogP contribution in [0.15, 0.2) is 15.9 Å². The van der Waals surface area contributed by atoms with Crippen molar-refractivity contribution in [2.75, 3.05) is 11.5 Å². The quantitative estimate of drug-likeness (QED) is 0.768. The van der Waals surface area contributed by atoms with E-state index in [4.69, 9.17) is 0 Å². The third kappa shape index (κ3) is 2.62. The largest absolute Gasteiger partial charge is 0.292 e. The number of hydrogen-bond donors (Lipinski definition) is 0. The minimum atomic E-state index is 0.138. The predicted molar refractivity (Wildman–Crippen MR) is 74.5 cm³/mol. The maximum Gasteiger partial charge on any atom is 0.187 e. The summed E-state index contributed by atoms with van der Waals surface area (Å²) >= 11 is 8.67. The number of carbonyl (C=O) groups is 1. The molecule has 1 aromatic heterocycles. The molecule has 0 aromatic carbocycles. The second-order valence-electron chi connectivity index (χ2n) is 3.33. The molecule has 5 heteroatoms. The Kier molecular flexibility index (Phi) is 4.21. The molecule has 15 heavy (non-hydrogen) atoms. The van der Waals surface area contributed by atoms with Crippen LogP contribution in [-0.4, -0.2) is 27.8 Å². The van der Waals surface area contributed by atoms with Gasteiger partial charge in [-0.2, -0.15) is 11.8 Å². The number of ketones is 1. The summed E-state index contributed by atoms with van der Waals surface area (Å²) in [7, 11) is 0. The van der Waals surface area contributed by atoms with Crippen LogP contribution in [0.25, 0.3) is 0 Å². The molecule has 1 saturated heterocycles. The molecule has 2 unspecified atom stereocenters. The molecule has 82 valence electrons. The maximum atomic E-state index is 12.2. The number of thiophene rings is 1. The van der Waals surface area contributed by atoms with Crippen LogP contribution in [0.2, 0.25) is 0 Å². The van der Waals surface area contributed by atoms with Crippen molar-refractivity contribution in [2.45, 2.75) is 17.4 Å². The molecule has 2 rings (SSSR count). The average Bonchev–Trinajstić information content (AvgIpc) is 2.64. The number of Topliss-reactive ketones (excluding diaryl/α,β-unsaturated/α-hetero) is 1. The topological polar surface area (TPSA) is 17.1 Å². The van der Waals surface area contributed by atoms with Gasteiger partial charge in [-0.15, -0.1) is 23.1 Å². The molecule has 2 heterocycles. The first-order chi connectivity index (χ1) is 7.20. The first kappa shape index (κ1) is 12.0. The van der Waals surface area contributed by atoms with E-state index in [9.17, 15) is 4.79 Å². The lowest BCUT2D eigenvalue weighted by molar-refractivity contribution is 0.0993. The highest BCUT2D eigenvalue weighted by atomic mass is 79.9. The zero-order valence-corrected chi connectivity index (χ0v) is 12.3. The Bertz CT molecular complexity index is 363. The van der Waals surface area contributed by atoms with Gasteiger partial charge in [0.05, 0.1) is 10.1 Å². The van der Waals surface area contributed by atoms with Gasteiger partial charge in [-0.3, -0.25) is 4.79 Å². The van der Waals surface area contributed by atoms with Gasteiger partial charge in [0.15, 0.2) is 5.78 Å². The summed E-state index contributed by atoms with van der Waals surface area (Å²) in [4.78, 5) is 13.1. The highest BCUT2D eigenvalue weighted by Gasteiger charge is 2.31. The smallest absolute Gasteiger partial charge is 0.187 e. The summed E-state index contributed by atoms with van der Waals surface area (Å²) in [5.74, 6) is 2.55. The fourth-order valence-corrected chi connectivity index (χ4v) is 5.85. The van der Waals surface area contributed by atoms with Crippen LogP contribution in [-0.2, 0) is 0 Å². The molecule has 2 atom stereocenters. The minimum Gasteiger partial charge on any atom is -0.292 e. The van der Waals surface area contributed by atoms with Crippen LogP contribution in [0, 0.1) is 0 Å². The van der Waals surface area contributed by atoms with Gasteiger partial charge in [-0.1, -0.05) is 6.92 Å². The number of halogens is 1. The van der Waals surface area contributed by atoms with Crippen molar-refractivity contribution in [1.29, 1.82) is 0 Å². The Morgan fingerprint density at radius 3 is 2.80 bits per heavy atom. The number of hydrogen-bond acceptors (Lipinski definition) is 4. The van der Waals surface area contributed by atoms with Crippen LogP contribution < -0.4 is 0 Å². The molecule has 0 aliphatic carbocycles. The Morgan fingerprint density at radius 1 is 1.47 bits per heavy atom. The van der Waals surface area contributed by atoms with Gasteiger partial charge < -0.3 is 0 Å². The predicted octanol–water partition coefficient (Wildman–Crippen LogP) is 3.93. The highest BCUT2D eigenvalue weighted by Crippen LogP contribution is 2.35. The number of carbonyl (C=O) groups excluding carboxylic acids is 1. The summed E-state index contributed by atoms with van der Waals surface area (Å²) < 4.78 is 0.945. The Hall–Kier alpha value is 0.550. The van der Waals surface area contributed by atoms with Crippen LogP contribution >= 0.6 is 50.8 Å². The van der Waals surface area contributed by atoms with E-state index in [1.807, 2.05) is 23.2 Å². The van der Waals surface area contributed by atoms with E-state index >= 15 is 0 Å². The normalized spacial score (nSPS) is 26.5. The van der Waals surface area contributed by atoms with Crippen LogP contribution in [0.3, 0.4) is 0 Å². The van der Waals surface area contributed by atoms with Gasteiger partial charge in [0.25, 0.3) is 0 Å². The van der Waals surface area contributed by atoms with E-state index < -0.39 is 0 Å². The van der Waals surface area contributed by atoms with Crippen LogP contribution in [0.1, 0.15) is 16.6 Å². The third-order valence-corrected chi connectivity index (χ3v) is 7.23. The van der Waals surface area contributed by atoms with Crippen molar-refractivity contribution in [3.63, 3.8) is 0 Å². The second kappa shape index (κ2) is 5.25. The zero-order chi connectivity index (χ0) is 10.8.